The Morgan fingerprint density at radius 3 is 2.53 bits per heavy atom. The van der Waals surface area contributed by atoms with Gasteiger partial charge in [-0.2, -0.15) is 5.10 Å². The van der Waals surface area contributed by atoms with E-state index >= 15 is 0 Å². The maximum atomic E-state index is 11.3. The van der Waals surface area contributed by atoms with Crippen molar-refractivity contribution in [3.05, 3.63) is 40.8 Å². The highest BCUT2D eigenvalue weighted by Gasteiger charge is 2.19. The van der Waals surface area contributed by atoms with Crippen molar-refractivity contribution in [2.24, 2.45) is 0 Å². The van der Waals surface area contributed by atoms with E-state index in [1.807, 2.05) is 6.92 Å². The van der Waals surface area contributed by atoms with E-state index < -0.39 is 5.97 Å². The van der Waals surface area contributed by atoms with Gasteiger partial charge in [0.1, 0.15) is 11.3 Å². The molecule has 19 heavy (non-hydrogen) atoms. The normalized spacial score (nSPS) is 10.3. The predicted octanol–water partition coefficient (Wildman–Crippen LogP) is 2.29. The average molecular weight is 259 g/mol. The molecule has 0 radical (unpaired) electrons. The first-order valence-corrected chi connectivity index (χ1v) is 5.66. The number of ether oxygens (including phenoxy) is 1. The minimum absolute atomic E-state index is 0.0214. The van der Waals surface area contributed by atoms with E-state index in [4.69, 9.17) is 4.74 Å². The summed E-state index contributed by atoms with van der Waals surface area (Å²) in [7, 11) is 0. The summed E-state index contributed by atoms with van der Waals surface area (Å²) in [5, 5.41) is 16.9. The Hall–Kier alpha value is -2.50. The molecule has 2 aromatic heterocycles. The largest absolute Gasteiger partial charge is 0.477 e. The second-order valence-electron chi connectivity index (χ2n) is 4.13. The Labute approximate surface area is 110 Å². The third kappa shape index (κ3) is 2.67. The number of aromatic nitrogens is 3. The Bertz CT molecular complexity index is 624. The van der Waals surface area contributed by atoms with Crippen molar-refractivity contribution in [3.63, 3.8) is 0 Å². The smallest absolute Gasteiger partial charge is 0.341 e. The summed E-state index contributed by atoms with van der Waals surface area (Å²) in [6, 6.07) is 3.47. The van der Waals surface area contributed by atoms with Gasteiger partial charge in [0.2, 0.25) is 0 Å². The van der Waals surface area contributed by atoms with Crippen LogP contribution >= 0.6 is 0 Å². The van der Waals surface area contributed by atoms with E-state index in [2.05, 4.69) is 15.2 Å². The Morgan fingerprint density at radius 2 is 1.95 bits per heavy atom. The van der Waals surface area contributed by atoms with E-state index in [1.54, 1.807) is 26.0 Å². The van der Waals surface area contributed by atoms with Gasteiger partial charge in [-0.15, -0.1) is 5.10 Å². The number of hydrogen-bond donors (Lipinski definition) is 1. The third-order valence-corrected chi connectivity index (χ3v) is 2.74. The lowest BCUT2D eigenvalue weighted by atomic mass is 10.1. The van der Waals surface area contributed by atoms with Crippen LogP contribution in [0, 0.1) is 20.8 Å². The first-order valence-electron chi connectivity index (χ1n) is 5.66. The number of carbonyl (C=O) groups is 1. The molecule has 6 nitrogen and oxygen atoms in total. The second kappa shape index (κ2) is 5.01. The van der Waals surface area contributed by atoms with Gasteiger partial charge in [0.05, 0.1) is 11.9 Å². The Morgan fingerprint density at radius 1 is 1.21 bits per heavy atom. The summed E-state index contributed by atoms with van der Waals surface area (Å²) in [5.74, 6) is -0.697. The van der Waals surface area contributed by atoms with Crippen molar-refractivity contribution in [1.29, 1.82) is 0 Å². The highest BCUT2D eigenvalue weighted by Crippen LogP contribution is 2.25. The maximum Gasteiger partial charge on any atom is 0.341 e. The zero-order chi connectivity index (χ0) is 14.0. The molecule has 0 bridgehead atoms. The number of aryl methyl sites for hydroxylation is 2. The fraction of sp³-hybridized carbons (Fsp3) is 0.231. The molecule has 1 N–H and O–H groups in total. The molecule has 0 aliphatic carbocycles. The van der Waals surface area contributed by atoms with E-state index in [9.17, 15) is 9.90 Å². The highest BCUT2D eigenvalue weighted by molar-refractivity contribution is 5.92. The van der Waals surface area contributed by atoms with Gasteiger partial charge in [0.25, 0.3) is 5.88 Å². The Balaban J connectivity index is 2.42. The van der Waals surface area contributed by atoms with Gasteiger partial charge in [-0.1, -0.05) is 0 Å². The van der Waals surface area contributed by atoms with Crippen LogP contribution in [0.25, 0.3) is 0 Å². The molecule has 0 saturated heterocycles. The molecule has 0 fully saturated rings. The van der Waals surface area contributed by atoms with Crippen LogP contribution in [0.4, 0.5) is 0 Å². The number of nitrogens with zero attached hydrogens (tertiary/aromatic N) is 3. The molecule has 2 heterocycles. The van der Waals surface area contributed by atoms with Crippen LogP contribution in [0.5, 0.6) is 11.6 Å². The van der Waals surface area contributed by atoms with E-state index in [0.29, 0.717) is 17.0 Å². The third-order valence-electron chi connectivity index (χ3n) is 2.74. The monoisotopic (exact) mass is 259 g/mol. The van der Waals surface area contributed by atoms with Crippen molar-refractivity contribution in [2.75, 3.05) is 0 Å². The first kappa shape index (κ1) is 12.9. The lowest BCUT2D eigenvalue weighted by Crippen LogP contribution is -2.08. The number of aromatic carboxylic acids is 1. The molecule has 6 heteroatoms. The molecular weight excluding hydrogens is 246 g/mol. The van der Waals surface area contributed by atoms with Crippen molar-refractivity contribution in [3.8, 4) is 11.6 Å². The van der Waals surface area contributed by atoms with E-state index in [0.717, 1.165) is 5.69 Å². The average Bonchev–Trinajstić information content (AvgIpc) is 2.36. The standard InChI is InChI=1S/C13H13N3O3/c1-7-4-5-10(6-14-7)19-12-11(13(17)18)8(2)9(3)15-16-12/h4-6H,1-3H3,(H,17,18). The lowest BCUT2D eigenvalue weighted by molar-refractivity contribution is 0.0692. The predicted molar refractivity (Wildman–Crippen MR) is 67.5 cm³/mol. The van der Waals surface area contributed by atoms with E-state index in [1.165, 1.54) is 6.20 Å². The molecule has 0 unspecified atom stereocenters. The quantitative estimate of drug-likeness (QED) is 0.910. The molecule has 0 aromatic carbocycles. The summed E-state index contributed by atoms with van der Waals surface area (Å²) in [4.78, 5) is 15.3. The Kier molecular flexibility index (Phi) is 3.41. The molecule has 0 amide bonds. The van der Waals surface area contributed by atoms with Crippen LogP contribution in [0.2, 0.25) is 0 Å². The van der Waals surface area contributed by atoms with Gasteiger partial charge in [-0.3, -0.25) is 4.98 Å². The van der Waals surface area contributed by atoms with Crippen molar-refractivity contribution in [2.45, 2.75) is 20.8 Å². The first-order chi connectivity index (χ1) is 8.99. The number of rotatable bonds is 3. The topological polar surface area (TPSA) is 85.2 Å². The number of carboxylic acid groups (broad SMARTS) is 1. The van der Waals surface area contributed by atoms with Crippen LogP contribution in [-0.2, 0) is 0 Å². The fourth-order valence-electron chi connectivity index (χ4n) is 1.54. The number of carboxylic acids is 1. The van der Waals surface area contributed by atoms with Crippen LogP contribution in [0.1, 0.15) is 27.3 Å². The molecule has 2 rings (SSSR count). The van der Waals surface area contributed by atoms with Gasteiger partial charge in [0, 0.05) is 5.69 Å². The van der Waals surface area contributed by atoms with Crippen molar-refractivity contribution >= 4 is 5.97 Å². The molecule has 0 aliphatic rings. The van der Waals surface area contributed by atoms with Crippen molar-refractivity contribution in [1.82, 2.24) is 15.2 Å². The number of hydrogen-bond acceptors (Lipinski definition) is 5. The van der Waals surface area contributed by atoms with Crippen LogP contribution in [0.3, 0.4) is 0 Å². The van der Waals surface area contributed by atoms with Gasteiger partial charge in [-0.05, 0) is 38.5 Å². The summed E-state index contributed by atoms with van der Waals surface area (Å²) < 4.78 is 5.44. The van der Waals surface area contributed by atoms with Crippen LogP contribution in [-0.4, -0.2) is 26.3 Å². The SMILES string of the molecule is Cc1ccc(Oc2nnc(C)c(C)c2C(=O)O)cn1. The second-order valence-corrected chi connectivity index (χ2v) is 4.13. The maximum absolute atomic E-state index is 11.3. The zero-order valence-corrected chi connectivity index (χ0v) is 10.8. The minimum atomic E-state index is -1.09. The minimum Gasteiger partial charge on any atom is -0.477 e. The zero-order valence-electron chi connectivity index (χ0n) is 10.8. The van der Waals surface area contributed by atoms with E-state index in [-0.39, 0.29) is 11.4 Å². The molecule has 0 aliphatic heterocycles. The van der Waals surface area contributed by atoms with Gasteiger partial charge in [-0.25, -0.2) is 4.79 Å². The van der Waals surface area contributed by atoms with Gasteiger partial charge < -0.3 is 9.84 Å². The summed E-state index contributed by atoms with van der Waals surface area (Å²) in [5.41, 5.74) is 1.97. The van der Waals surface area contributed by atoms with Crippen molar-refractivity contribution < 1.29 is 14.6 Å². The lowest BCUT2D eigenvalue weighted by Gasteiger charge is -2.10. The fourth-order valence-corrected chi connectivity index (χ4v) is 1.54. The molecule has 0 spiro atoms. The summed E-state index contributed by atoms with van der Waals surface area (Å²) in [6.45, 7) is 5.22. The number of pyridine rings is 1. The molecule has 98 valence electrons. The summed E-state index contributed by atoms with van der Waals surface area (Å²) in [6.07, 6.45) is 1.51. The highest BCUT2D eigenvalue weighted by atomic mass is 16.5. The molecule has 2 aromatic rings. The molecule has 0 saturated carbocycles. The van der Waals surface area contributed by atoms with Gasteiger partial charge >= 0.3 is 5.97 Å². The molecule has 0 atom stereocenters. The summed E-state index contributed by atoms with van der Waals surface area (Å²) >= 11 is 0. The molecular formula is C13H13N3O3. The van der Waals surface area contributed by atoms with Gasteiger partial charge in [0.15, 0.2) is 0 Å². The van der Waals surface area contributed by atoms with Crippen LogP contribution in [0.15, 0.2) is 18.3 Å². The van der Waals surface area contributed by atoms with Crippen LogP contribution < -0.4 is 4.74 Å².